The molecule has 4 atom stereocenters. The van der Waals surface area contributed by atoms with Crippen LogP contribution < -0.4 is 4.90 Å². The van der Waals surface area contributed by atoms with E-state index in [0.29, 0.717) is 10.8 Å². The number of halogens is 1. The van der Waals surface area contributed by atoms with Crippen LogP contribution in [0.2, 0.25) is 5.02 Å². The standard InChI is InChI=1S/C14H11ClN2O2/c15-9-3-4-10(16-6-9)17-13(18)11-7-1-2-8(5-7)12(11)14(17)19/h1-4,6-8,11-12H,5H2/t7-,8+,11+,12-. The summed E-state index contributed by atoms with van der Waals surface area (Å²) in [7, 11) is 0. The molecule has 0 aromatic carbocycles. The fourth-order valence-corrected chi connectivity index (χ4v) is 3.74. The van der Waals surface area contributed by atoms with E-state index in [1.165, 1.54) is 11.1 Å². The monoisotopic (exact) mass is 274 g/mol. The van der Waals surface area contributed by atoms with Crippen molar-refractivity contribution in [3.8, 4) is 0 Å². The van der Waals surface area contributed by atoms with Gasteiger partial charge in [-0.15, -0.1) is 0 Å². The van der Waals surface area contributed by atoms with Crippen LogP contribution in [0.1, 0.15) is 6.42 Å². The van der Waals surface area contributed by atoms with E-state index < -0.39 is 0 Å². The topological polar surface area (TPSA) is 50.3 Å². The molecule has 2 fully saturated rings. The number of pyridine rings is 1. The van der Waals surface area contributed by atoms with Crippen molar-refractivity contribution >= 4 is 29.2 Å². The van der Waals surface area contributed by atoms with Crippen LogP contribution in [0.4, 0.5) is 5.82 Å². The molecule has 0 N–H and O–H groups in total. The number of hydrogen-bond acceptors (Lipinski definition) is 3. The van der Waals surface area contributed by atoms with Crippen molar-refractivity contribution in [1.82, 2.24) is 4.98 Å². The largest absolute Gasteiger partial charge is 0.274 e. The van der Waals surface area contributed by atoms with Gasteiger partial charge in [0, 0.05) is 6.20 Å². The maximum absolute atomic E-state index is 12.5. The number of imide groups is 1. The first-order valence-electron chi connectivity index (χ1n) is 6.34. The highest BCUT2D eigenvalue weighted by Gasteiger charge is 2.59. The number of anilines is 1. The normalized spacial score (nSPS) is 35.3. The minimum Gasteiger partial charge on any atom is -0.274 e. The van der Waals surface area contributed by atoms with Crippen molar-refractivity contribution in [1.29, 1.82) is 0 Å². The van der Waals surface area contributed by atoms with Crippen LogP contribution in [-0.4, -0.2) is 16.8 Å². The van der Waals surface area contributed by atoms with Gasteiger partial charge in [-0.05, 0) is 30.4 Å². The molecule has 2 heterocycles. The maximum Gasteiger partial charge on any atom is 0.239 e. The van der Waals surface area contributed by atoms with Gasteiger partial charge in [0.2, 0.25) is 11.8 Å². The second kappa shape index (κ2) is 3.67. The van der Waals surface area contributed by atoms with Crippen molar-refractivity contribution in [3.05, 3.63) is 35.5 Å². The lowest BCUT2D eigenvalue weighted by atomic mass is 9.85. The molecule has 1 aliphatic heterocycles. The molecule has 2 amide bonds. The van der Waals surface area contributed by atoms with Gasteiger partial charge in [0.05, 0.1) is 16.9 Å². The fourth-order valence-electron chi connectivity index (χ4n) is 3.63. The van der Waals surface area contributed by atoms with Gasteiger partial charge in [0.1, 0.15) is 5.82 Å². The Morgan fingerprint density at radius 2 is 1.74 bits per heavy atom. The van der Waals surface area contributed by atoms with Gasteiger partial charge in [0.25, 0.3) is 0 Å². The van der Waals surface area contributed by atoms with Gasteiger partial charge in [-0.2, -0.15) is 0 Å². The molecular formula is C14H11ClN2O2. The highest BCUT2D eigenvalue weighted by molar-refractivity contribution is 6.30. The number of fused-ring (bicyclic) bond motifs is 5. The first-order valence-corrected chi connectivity index (χ1v) is 6.72. The predicted octanol–water partition coefficient (Wildman–Crippen LogP) is 2.05. The van der Waals surface area contributed by atoms with Crippen LogP contribution >= 0.6 is 11.6 Å². The Labute approximate surface area is 115 Å². The molecule has 3 aliphatic rings. The number of amides is 2. The van der Waals surface area contributed by atoms with Crippen LogP contribution in [0.25, 0.3) is 0 Å². The average molecular weight is 275 g/mol. The smallest absolute Gasteiger partial charge is 0.239 e. The summed E-state index contributed by atoms with van der Waals surface area (Å²) in [4.78, 5) is 30.3. The highest BCUT2D eigenvalue weighted by atomic mass is 35.5. The van der Waals surface area contributed by atoms with Crippen LogP contribution in [0.3, 0.4) is 0 Å². The number of nitrogens with zero attached hydrogens (tertiary/aromatic N) is 2. The summed E-state index contributed by atoms with van der Waals surface area (Å²) in [6, 6.07) is 3.26. The van der Waals surface area contributed by atoms with Gasteiger partial charge in [0.15, 0.2) is 0 Å². The molecule has 19 heavy (non-hydrogen) atoms. The summed E-state index contributed by atoms with van der Waals surface area (Å²) in [5.41, 5.74) is 0. The molecule has 0 unspecified atom stereocenters. The van der Waals surface area contributed by atoms with E-state index in [1.54, 1.807) is 12.1 Å². The number of carbonyl (C=O) groups excluding carboxylic acids is 2. The lowest BCUT2D eigenvalue weighted by Gasteiger charge is -2.15. The Balaban J connectivity index is 1.74. The predicted molar refractivity (Wildman–Crippen MR) is 69.5 cm³/mol. The van der Waals surface area contributed by atoms with Crippen LogP contribution in [0.15, 0.2) is 30.5 Å². The molecular weight excluding hydrogens is 264 g/mol. The molecule has 1 aromatic rings. The molecule has 4 rings (SSSR count). The first-order chi connectivity index (χ1) is 9.16. The molecule has 1 saturated heterocycles. The van der Waals surface area contributed by atoms with E-state index >= 15 is 0 Å². The van der Waals surface area contributed by atoms with E-state index in [2.05, 4.69) is 17.1 Å². The van der Waals surface area contributed by atoms with Crippen LogP contribution in [-0.2, 0) is 9.59 Å². The Hall–Kier alpha value is -1.68. The van der Waals surface area contributed by atoms with Crippen molar-refractivity contribution in [2.24, 2.45) is 23.7 Å². The minimum absolute atomic E-state index is 0.110. The summed E-state index contributed by atoms with van der Waals surface area (Å²) < 4.78 is 0. The summed E-state index contributed by atoms with van der Waals surface area (Å²) in [6.45, 7) is 0. The second-order valence-electron chi connectivity index (χ2n) is 5.35. The van der Waals surface area contributed by atoms with Gasteiger partial charge in [-0.25, -0.2) is 9.88 Å². The molecule has 96 valence electrons. The quantitative estimate of drug-likeness (QED) is 0.582. The molecule has 0 spiro atoms. The van der Waals surface area contributed by atoms with E-state index in [-0.39, 0.29) is 35.5 Å². The van der Waals surface area contributed by atoms with Gasteiger partial charge in [-0.1, -0.05) is 23.8 Å². The Morgan fingerprint density at radius 3 is 2.26 bits per heavy atom. The van der Waals surface area contributed by atoms with E-state index in [1.807, 2.05) is 0 Å². The third-order valence-corrected chi connectivity index (χ3v) is 4.63. The van der Waals surface area contributed by atoms with Crippen LogP contribution in [0.5, 0.6) is 0 Å². The van der Waals surface area contributed by atoms with Crippen LogP contribution in [0, 0.1) is 23.7 Å². The van der Waals surface area contributed by atoms with Crippen molar-refractivity contribution < 1.29 is 9.59 Å². The number of aromatic nitrogens is 1. The Kier molecular flexibility index (Phi) is 2.16. The second-order valence-corrected chi connectivity index (χ2v) is 5.78. The summed E-state index contributed by atoms with van der Waals surface area (Å²) in [5, 5.41) is 0.491. The van der Waals surface area contributed by atoms with Crippen molar-refractivity contribution in [2.75, 3.05) is 4.90 Å². The van der Waals surface area contributed by atoms with Crippen molar-refractivity contribution in [2.45, 2.75) is 6.42 Å². The Morgan fingerprint density at radius 1 is 1.11 bits per heavy atom. The number of rotatable bonds is 1. The highest BCUT2D eigenvalue weighted by Crippen LogP contribution is 2.52. The van der Waals surface area contributed by atoms with Gasteiger partial charge >= 0.3 is 0 Å². The summed E-state index contributed by atoms with van der Waals surface area (Å²) >= 11 is 5.78. The third kappa shape index (κ3) is 1.38. The molecule has 0 radical (unpaired) electrons. The number of carbonyl (C=O) groups is 2. The van der Waals surface area contributed by atoms with Crippen molar-refractivity contribution in [3.63, 3.8) is 0 Å². The SMILES string of the molecule is O=C1[C@@H]2[C@H](C(=O)N1c1ccc(Cl)cn1)[C@H]1C=C[C@@H]2C1. The molecule has 2 bridgehead atoms. The zero-order chi connectivity index (χ0) is 13.1. The average Bonchev–Trinajstić information content (AvgIpc) is 3.06. The lowest BCUT2D eigenvalue weighted by Crippen LogP contribution is -2.33. The summed E-state index contributed by atoms with van der Waals surface area (Å²) in [6.07, 6.45) is 6.55. The van der Waals surface area contributed by atoms with E-state index in [9.17, 15) is 9.59 Å². The minimum atomic E-state index is -0.181. The molecule has 4 nitrogen and oxygen atoms in total. The van der Waals surface area contributed by atoms with Gasteiger partial charge < -0.3 is 0 Å². The lowest BCUT2D eigenvalue weighted by molar-refractivity contribution is -0.123. The first kappa shape index (κ1) is 11.2. The molecule has 1 aromatic heterocycles. The zero-order valence-electron chi connectivity index (χ0n) is 9.99. The molecule has 1 saturated carbocycles. The number of hydrogen-bond donors (Lipinski definition) is 0. The van der Waals surface area contributed by atoms with Gasteiger partial charge in [-0.3, -0.25) is 9.59 Å². The molecule has 2 aliphatic carbocycles. The number of allylic oxidation sites excluding steroid dienone is 2. The Bertz CT molecular complexity index is 580. The summed E-state index contributed by atoms with van der Waals surface area (Å²) in [5.74, 6) is 0.254. The fraction of sp³-hybridized carbons (Fsp3) is 0.357. The third-order valence-electron chi connectivity index (χ3n) is 4.41. The maximum atomic E-state index is 12.5. The van der Waals surface area contributed by atoms with E-state index in [4.69, 9.17) is 11.6 Å². The molecule has 5 heteroatoms. The zero-order valence-corrected chi connectivity index (χ0v) is 10.7. The van der Waals surface area contributed by atoms with E-state index in [0.717, 1.165) is 6.42 Å².